The fourth-order valence-corrected chi connectivity index (χ4v) is 2.32. The Morgan fingerprint density at radius 3 is 2.45 bits per heavy atom. The van der Waals surface area contributed by atoms with E-state index < -0.39 is 10.8 Å². The van der Waals surface area contributed by atoms with Gasteiger partial charge in [-0.2, -0.15) is 0 Å². The fourth-order valence-electron chi connectivity index (χ4n) is 2.32. The van der Waals surface area contributed by atoms with Crippen LogP contribution < -0.4 is 5.73 Å². The van der Waals surface area contributed by atoms with Gasteiger partial charge < -0.3 is 5.73 Å². The zero-order valence-electron chi connectivity index (χ0n) is 11.9. The first-order valence-electron chi connectivity index (χ1n) is 7.14. The van der Waals surface area contributed by atoms with Crippen molar-refractivity contribution in [1.82, 2.24) is 0 Å². The average molecular weight is 278 g/mol. The number of hydrogen-bond acceptors (Lipinski definition) is 3. The lowest BCUT2D eigenvalue weighted by atomic mass is 9.98. The molecule has 5 heteroatoms. The van der Waals surface area contributed by atoms with Crippen molar-refractivity contribution in [2.24, 2.45) is 5.73 Å². The van der Waals surface area contributed by atoms with E-state index in [1.165, 1.54) is 31.4 Å². The van der Waals surface area contributed by atoms with Crippen LogP contribution in [0.4, 0.5) is 5.69 Å². The van der Waals surface area contributed by atoms with E-state index in [4.69, 9.17) is 5.73 Å². The lowest BCUT2D eigenvalue weighted by Gasteiger charge is -2.07. The minimum absolute atomic E-state index is 0.00476. The molecule has 0 aromatic heterocycles. The number of carbonyl (C=O) groups excluding carboxylic acids is 1. The van der Waals surface area contributed by atoms with Crippen molar-refractivity contribution in [3.05, 3.63) is 39.4 Å². The number of unbranched alkanes of at least 4 members (excludes halogenated alkanes) is 5. The summed E-state index contributed by atoms with van der Waals surface area (Å²) in [6, 6.07) is 4.49. The molecule has 0 saturated heterocycles. The molecule has 0 aliphatic carbocycles. The highest BCUT2D eigenvalue weighted by Gasteiger charge is 2.19. The minimum atomic E-state index is -0.602. The van der Waals surface area contributed by atoms with Gasteiger partial charge in [-0.05, 0) is 18.9 Å². The van der Waals surface area contributed by atoms with E-state index in [0.29, 0.717) is 12.0 Å². The first-order valence-corrected chi connectivity index (χ1v) is 7.14. The largest absolute Gasteiger partial charge is 0.366 e. The van der Waals surface area contributed by atoms with E-state index in [-0.39, 0.29) is 11.3 Å². The smallest absolute Gasteiger partial charge is 0.273 e. The van der Waals surface area contributed by atoms with Gasteiger partial charge in [0, 0.05) is 17.2 Å². The molecule has 0 spiro atoms. The second-order valence-electron chi connectivity index (χ2n) is 4.94. The van der Waals surface area contributed by atoms with Gasteiger partial charge >= 0.3 is 0 Å². The van der Waals surface area contributed by atoms with Gasteiger partial charge in [0.15, 0.2) is 0 Å². The van der Waals surface area contributed by atoms with E-state index in [1.807, 2.05) is 0 Å². The molecule has 2 N–H and O–H groups in total. The third-order valence-corrected chi connectivity index (χ3v) is 3.39. The molecule has 110 valence electrons. The molecule has 0 saturated carbocycles. The van der Waals surface area contributed by atoms with Crippen LogP contribution in [0.15, 0.2) is 18.2 Å². The van der Waals surface area contributed by atoms with Gasteiger partial charge in [-0.3, -0.25) is 14.9 Å². The second kappa shape index (κ2) is 8.30. The second-order valence-corrected chi connectivity index (χ2v) is 4.94. The lowest BCUT2D eigenvalue weighted by molar-refractivity contribution is -0.385. The summed E-state index contributed by atoms with van der Waals surface area (Å²) in [4.78, 5) is 21.9. The Morgan fingerprint density at radius 1 is 1.20 bits per heavy atom. The van der Waals surface area contributed by atoms with E-state index >= 15 is 0 Å². The molecule has 0 radical (unpaired) electrons. The number of nitro benzene ring substituents is 1. The average Bonchev–Trinajstić information content (AvgIpc) is 2.42. The Bertz CT molecular complexity index is 440. The summed E-state index contributed by atoms with van der Waals surface area (Å²) in [5.74, 6) is -0.602. The highest BCUT2D eigenvalue weighted by Crippen LogP contribution is 2.24. The Balaban J connectivity index is 2.71. The third-order valence-electron chi connectivity index (χ3n) is 3.39. The van der Waals surface area contributed by atoms with Crippen molar-refractivity contribution < 1.29 is 9.72 Å². The van der Waals surface area contributed by atoms with E-state index in [1.54, 1.807) is 6.07 Å². The van der Waals surface area contributed by atoms with Crippen LogP contribution in [-0.4, -0.2) is 10.8 Å². The van der Waals surface area contributed by atoms with Crippen LogP contribution >= 0.6 is 0 Å². The molecule has 0 heterocycles. The molecule has 1 amide bonds. The van der Waals surface area contributed by atoms with Gasteiger partial charge in [-0.1, -0.05) is 45.1 Å². The number of hydrogen-bond donors (Lipinski definition) is 1. The highest BCUT2D eigenvalue weighted by molar-refractivity contribution is 5.95. The predicted molar refractivity (Wildman–Crippen MR) is 78.7 cm³/mol. The minimum Gasteiger partial charge on any atom is -0.366 e. The first-order chi connectivity index (χ1) is 9.57. The summed E-state index contributed by atoms with van der Waals surface area (Å²) in [7, 11) is 0. The number of nitrogens with zero attached hydrogens (tertiary/aromatic N) is 1. The van der Waals surface area contributed by atoms with Crippen molar-refractivity contribution in [3.8, 4) is 0 Å². The predicted octanol–water partition coefficient (Wildman–Crippen LogP) is 3.60. The number of rotatable bonds is 9. The van der Waals surface area contributed by atoms with Crippen LogP contribution in [0.1, 0.15) is 61.4 Å². The van der Waals surface area contributed by atoms with Gasteiger partial charge in [0.2, 0.25) is 5.91 Å². The maximum Gasteiger partial charge on any atom is 0.273 e. The SMILES string of the molecule is CCCCCCCCc1c(C(N)=O)cccc1[N+](=O)[O-]. The summed E-state index contributed by atoms with van der Waals surface area (Å²) in [6.07, 6.45) is 7.12. The van der Waals surface area contributed by atoms with Gasteiger partial charge in [-0.25, -0.2) is 0 Å². The summed E-state index contributed by atoms with van der Waals surface area (Å²) in [6.45, 7) is 2.16. The molecule has 0 atom stereocenters. The molecule has 0 fully saturated rings. The van der Waals surface area contributed by atoms with Crippen LogP contribution in [0.5, 0.6) is 0 Å². The van der Waals surface area contributed by atoms with Crippen molar-refractivity contribution >= 4 is 11.6 Å². The summed E-state index contributed by atoms with van der Waals surface area (Å²) >= 11 is 0. The maximum absolute atomic E-state index is 11.4. The summed E-state index contributed by atoms with van der Waals surface area (Å²) in [5, 5.41) is 11.0. The number of benzene rings is 1. The Morgan fingerprint density at radius 2 is 1.85 bits per heavy atom. The fraction of sp³-hybridized carbons (Fsp3) is 0.533. The molecule has 1 aromatic carbocycles. The molecule has 0 aliphatic rings. The van der Waals surface area contributed by atoms with E-state index in [2.05, 4.69) is 6.92 Å². The molecule has 5 nitrogen and oxygen atoms in total. The molecular formula is C15H22N2O3. The molecule has 20 heavy (non-hydrogen) atoms. The first kappa shape index (κ1) is 16.1. The van der Waals surface area contributed by atoms with Crippen molar-refractivity contribution in [3.63, 3.8) is 0 Å². The maximum atomic E-state index is 11.4. The molecule has 1 rings (SSSR count). The van der Waals surface area contributed by atoms with E-state index in [9.17, 15) is 14.9 Å². The highest BCUT2D eigenvalue weighted by atomic mass is 16.6. The van der Waals surface area contributed by atoms with Gasteiger partial charge in [-0.15, -0.1) is 0 Å². The molecule has 1 aromatic rings. The lowest BCUT2D eigenvalue weighted by Crippen LogP contribution is -2.15. The Kier molecular flexibility index (Phi) is 6.70. The number of nitro groups is 1. The summed E-state index contributed by atoms with van der Waals surface area (Å²) in [5.41, 5.74) is 6.03. The van der Waals surface area contributed by atoms with Crippen LogP contribution in [0.2, 0.25) is 0 Å². The Hall–Kier alpha value is -1.91. The third kappa shape index (κ3) is 4.64. The molecule has 0 bridgehead atoms. The zero-order chi connectivity index (χ0) is 15.0. The molecule has 0 unspecified atom stereocenters. The Labute approximate surface area is 119 Å². The zero-order valence-corrected chi connectivity index (χ0v) is 11.9. The van der Waals surface area contributed by atoms with Crippen LogP contribution in [0, 0.1) is 10.1 Å². The van der Waals surface area contributed by atoms with Crippen LogP contribution in [0.3, 0.4) is 0 Å². The monoisotopic (exact) mass is 278 g/mol. The molecular weight excluding hydrogens is 256 g/mol. The van der Waals surface area contributed by atoms with Crippen LogP contribution in [0.25, 0.3) is 0 Å². The topological polar surface area (TPSA) is 86.2 Å². The molecule has 0 aliphatic heterocycles. The van der Waals surface area contributed by atoms with Gasteiger partial charge in [0.1, 0.15) is 0 Å². The van der Waals surface area contributed by atoms with Crippen molar-refractivity contribution in [1.29, 1.82) is 0 Å². The van der Waals surface area contributed by atoms with Gasteiger partial charge in [0.25, 0.3) is 5.69 Å². The van der Waals surface area contributed by atoms with E-state index in [0.717, 1.165) is 19.3 Å². The standard InChI is InChI=1S/C15H22N2O3/c1-2-3-4-5-6-7-9-12-13(15(16)18)10-8-11-14(12)17(19)20/h8,10-11H,2-7,9H2,1H3,(H2,16,18). The van der Waals surface area contributed by atoms with Crippen LogP contribution in [-0.2, 0) is 6.42 Å². The quantitative estimate of drug-likeness (QED) is 0.425. The number of carbonyl (C=O) groups is 1. The summed E-state index contributed by atoms with van der Waals surface area (Å²) < 4.78 is 0. The van der Waals surface area contributed by atoms with Gasteiger partial charge in [0.05, 0.1) is 4.92 Å². The number of nitrogens with two attached hydrogens (primary N) is 1. The normalized spacial score (nSPS) is 10.4. The number of amides is 1. The van der Waals surface area contributed by atoms with Crippen molar-refractivity contribution in [2.75, 3.05) is 0 Å². The van der Waals surface area contributed by atoms with Crippen molar-refractivity contribution in [2.45, 2.75) is 51.9 Å². The number of primary amides is 1.